The fourth-order valence-corrected chi connectivity index (χ4v) is 7.56. The molecule has 4 unspecified atom stereocenters. The van der Waals surface area contributed by atoms with E-state index in [9.17, 15) is 24.0 Å². The third-order valence-electron chi connectivity index (χ3n) is 8.89. The van der Waals surface area contributed by atoms with Crippen LogP contribution in [0.3, 0.4) is 0 Å². The maximum atomic E-state index is 14.1. The molecule has 0 spiro atoms. The molecule has 5 N–H and O–H groups in total. The van der Waals surface area contributed by atoms with Gasteiger partial charge in [0.2, 0.25) is 17.6 Å². The number of carbonyl (C=O) groups excluding carboxylic acids is 5. The third kappa shape index (κ3) is 15.1. The van der Waals surface area contributed by atoms with Gasteiger partial charge in [-0.05, 0) is 73.3 Å². The van der Waals surface area contributed by atoms with E-state index in [1.165, 1.54) is 15.5 Å². The summed E-state index contributed by atoms with van der Waals surface area (Å²) in [6.07, 6.45) is 5.55. The summed E-state index contributed by atoms with van der Waals surface area (Å²) in [6.45, 7) is 25.3. The maximum Gasteiger partial charge on any atom is 0.315 e. The first-order valence-electron chi connectivity index (χ1n) is 18.8. The summed E-state index contributed by atoms with van der Waals surface area (Å²) >= 11 is 3.34. The SMILES string of the molecule is CC.CC(C)N(CC(NC(=O)NC(C(=O)N1CCCC1C(=O)NC(CC1CCC1)C(=O)C(N)=O)C(C)(C)C)C(C)(C)C)Sc1cccs1.CCC. The first-order valence-corrected chi connectivity index (χ1v) is 20.4. The minimum Gasteiger partial charge on any atom is -0.363 e. The zero-order valence-electron chi connectivity index (χ0n) is 33.4. The number of hydrogen-bond donors (Lipinski definition) is 4. The van der Waals surface area contributed by atoms with Gasteiger partial charge in [0.25, 0.3) is 5.91 Å². The summed E-state index contributed by atoms with van der Waals surface area (Å²) in [4.78, 5) is 67.0. The van der Waals surface area contributed by atoms with Gasteiger partial charge in [0.05, 0.1) is 10.3 Å². The Balaban J connectivity index is 0.00000246. The molecule has 1 aromatic heterocycles. The Hall–Kier alpha value is -2.64. The topological polar surface area (TPSA) is 154 Å². The van der Waals surface area contributed by atoms with Crippen LogP contribution in [0.2, 0.25) is 0 Å². The number of nitrogens with one attached hydrogen (secondary N) is 3. The average Bonchev–Trinajstić information content (AvgIpc) is 3.72. The minimum atomic E-state index is -1.08. The van der Waals surface area contributed by atoms with Gasteiger partial charge >= 0.3 is 6.03 Å². The highest BCUT2D eigenvalue weighted by Gasteiger charge is 2.43. The van der Waals surface area contributed by atoms with Crippen molar-refractivity contribution in [3.63, 3.8) is 0 Å². The Labute approximate surface area is 316 Å². The standard InChI is InChI=1S/C33H54N6O5S2.C3H8.C2H6/c1-20(2)39(46-25-15-11-17-45-25)19-24(32(3,4)5)36-31(44)37-27(33(6,7)8)30(43)38-16-10-14-23(38)29(42)35-22(26(40)28(34)41)18-21-12-9-13-21;1-3-2;1-2/h11,15,17,20-24,27H,9-10,12-14,16,18-19H2,1-8H3,(H2,34,41)(H,35,42)(H2,36,37,44);3H2,1-2H3;1-2H3. The second kappa shape index (κ2) is 21.8. The number of nitrogens with two attached hydrogens (primary N) is 1. The highest BCUT2D eigenvalue weighted by atomic mass is 32.2. The molecule has 1 aliphatic heterocycles. The monoisotopic (exact) mass is 752 g/mol. The van der Waals surface area contributed by atoms with Gasteiger partial charge in [0, 0.05) is 25.2 Å². The van der Waals surface area contributed by atoms with E-state index >= 15 is 0 Å². The summed E-state index contributed by atoms with van der Waals surface area (Å²) in [6, 6.07) is 0.884. The molecule has 4 atom stereocenters. The van der Waals surface area contributed by atoms with Crippen LogP contribution in [0.15, 0.2) is 21.7 Å². The molecule has 1 saturated heterocycles. The van der Waals surface area contributed by atoms with Crippen molar-refractivity contribution in [3.8, 4) is 0 Å². The molecule has 13 heteroatoms. The van der Waals surface area contributed by atoms with E-state index in [4.69, 9.17) is 5.73 Å². The second-order valence-corrected chi connectivity index (χ2v) is 18.1. The van der Waals surface area contributed by atoms with Gasteiger partial charge in [-0.25, -0.2) is 9.10 Å². The molecule has 0 radical (unpaired) electrons. The number of nitrogens with zero attached hydrogens (tertiary/aromatic N) is 2. The average molecular weight is 753 g/mol. The number of Topliss-reactive ketones (excluding diaryl/α,β-unsaturated/α-hetero) is 1. The number of hydrogen-bond acceptors (Lipinski definition) is 8. The fourth-order valence-electron chi connectivity index (χ4n) is 5.68. The minimum absolute atomic E-state index is 0.218. The number of ketones is 1. The number of thiophene rings is 1. The lowest BCUT2D eigenvalue weighted by atomic mass is 9.80. The molecular formula is C38H68N6O5S2. The first kappa shape index (κ1) is 46.4. The van der Waals surface area contributed by atoms with Crippen molar-refractivity contribution >= 4 is 52.8 Å². The van der Waals surface area contributed by atoms with Gasteiger partial charge in [-0.1, -0.05) is 101 Å². The van der Waals surface area contributed by atoms with Crippen molar-refractivity contribution in [2.24, 2.45) is 22.5 Å². The summed E-state index contributed by atoms with van der Waals surface area (Å²) in [7, 11) is 0. The van der Waals surface area contributed by atoms with Crippen LogP contribution >= 0.6 is 23.3 Å². The largest absolute Gasteiger partial charge is 0.363 e. The van der Waals surface area contributed by atoms with Crippen LogP contribution < -0.4 is 21.7 Å². The Morgan fingerprint density at radius 3 is 2.02 bits per heavy atom. The van der Waals surface area contributed by atoms with Crippen molar-refractivity contribution in [1.29, 1.82) is 0 Å². The third-order valence-corrected chi connectivity index (χ3v) is 11.2. The Morgan fingerprint density at radius 2 is 1.57 bits per heavy atom. The number of urea groups is 1. The molecule has 292 valence electrons. The van der Waals surface area contributed by atoms with Crippen LogP contribution in [0.1, 0.15) is 128 Å². The van der Waals surface area contributed by atoms with Gasteiger partial charge < -0.3 is 26.6 Å². The molecule has 3 rings (SSSR count). The maximum absolute atomic E-state index is 14.1. The van der Waals surface area contributed by atoms with E-state index in [0.29, 0.717) is 32.4 Å². The molecule has 2 aliphatic rings. The van der Waals surface area contributed by atoms with E-state index in [1.807, 2.05) is 46.1 Å². The molecule has 1 saturated carbocycles. The highest BCUT2D eigenvalue weighted by molar-refractivity contribution is 7.98. The van der Waals surface area contributed by atoms with Gasteiger partial charge in [0.15, 0.2) is 0 Å². The quantitative estimate of drug-likeness (QED) is 0.121. The zero-order chi connectivity index (χ0) is 39.1. The molecule has 5 amide bonds. The van der Waals surface area contributed by atoms with Crippen LogP contribution in [0.5, 0.6) is 0 Å². The first-order chi connectivity index (χ1) is 23.8. The summed E-state index contributed by atoms with van der Waals surface area (Å²) < 4.78 is 3.42. The van der Waals surface area contributed by atoms with Gasteiger partial charge in [-0.15, -0.1) is 11.3 Å². The molecule has 1 aliphatic carbocycles. The van der Waals surface area contributed by atoms with Gasteiger partial charge in [-0.3, -0.25) is 19.2 Å². The van der Waals surface area contributed by atoms with Crippen molar-refractivity contribution < 1.29 is 24.0 Å². The van der Waals surface area contributed by atoms with Crippen LogP contribution in [0, 0.1) is 16.7 Å². The normalized spacial score (nSPS) is 17.9. The van der Waals surface area contributed by atoms with E-state index in [1.54, 1.807) is 23.3 Å². The number of likely N-dealkylation sites (tertiary alicyclic amines) is 1. The molecule has 0 aromatic carbocycles. The number of carbonyl (C=O) groups is 5. The molecule has 1 aromatic rings. The zero-order valence-corrected chi connectivity index (χ0v) is 35.0. The Morgan fingerprint density at radius 1 is 0.961 bits per heavy atom. The highest BCUT2D eigenvalue weighted by Crippen LogP contribution is 2.33. The number of amides is 5. The van der Waals surface area contributed by atoms with Crippen molar-refractivity contribution in [2.45, 2.75) is 162 Å². The number of primary amides is 1. The summed E-state index contributed by atoms with van der Waals surface area (Å²) in [5, 5.41) is 10.9. The van der Waals surface area contributed by atoms with Crippen LogP contribution in [-0.2, 0) is 19.2 Å². The number of rotatable bonds is 14. The molecule has 2 heterocycles. The van der Waals surface area contributed by atoms with E-state index < -0.39 is 47.2 Å². The summed E-state index contributed by atoms with van der Waals surface area (Å²) in [5.41, 5.74) is 4.35. The van der Waals surface area contributed by atoms with E-state index in [0.717, 1.165) is 19.3 Å². The summed E-state index contributed by atoms with van der Waals surface area (Å²) in [5.74, 6) is -2.49. The van der Waals surface area contributed by atoms with E-state index in [-0.39, 0.29) is 29.3 Å². The van der Waals surface area contributed by atoms with Crippen LogP contribution in [0.25, 0.3) is 0 Å². The van der Waals surface area contributed by atoms with Gasteiger partial charge in [0.1, 0.15) is 12.1 Å². The van der Waals surface area contributed by atoms with Crippen molar-refractivity contribution in [2.75, 3.05) is 13.1 Å². The second-order valence-electron chi connectivity index (χ2n) is 15.8. The molecule has 11 nitrogen and oxygen atoms in total. The lowest BCUT2D eigenvalue weighted by Crippen LogP contribution is -2.61. The van der Waals surface area contributed by atoms with Crippen molar-refractivity contribution in [1.82, 2.24) is 25.2 Å². The van der Waals surface area contributed by atoms with Crippen LogP contribution in [-0.4, -0.2) is 82.0 Å². The van der Waals surface area contributed by atoms with Crippen LogP contribution in [0.4, 0.5) is 4.79 Å². The molecule has 2 fully saturated rings. The molecular weight excluding hydrogens is 685 g/mol. The predicted molar refractivity (Wildman–Crippen MR) is 210 cm³/mol. The predicted octanol–water partition coefficient (Wildman–Crippen LogP) is 6.76. The van der Waals surface area contributed by atoms with Gasteiger partial charge in [-0.2, -0.15) is 0 Å². The Kier molecular flexibility index (Phi) is 19.8. The molecule has 51 heavy (non-hydrogen) atoms. The lowest BCUT2D eigenvalue weighted by molar-refractivity contribution is -0.143. The molecule has 0 bridgehead atoms. The smallest absolute Gasteiger partial charge is 0.315 e. The fraction of sp³-hybridized carbons (Fsp3) is 0.763. The lowest BCUT2D eigenvalue weighted by Gasteiger charge is -2.39. The van der Waals surface area contributed by atoms with E-state index in [2.05, 4.69) is 74.8 Å². The Bertz CT molecular complexity index is 1240. The van der Waals surface area contributed by atoms with Crippen molar-refractivity contribution in [3.05, 3.63) is 17.5 Å².